The SMILES string of the molecule is O=C1c2ccccc2C(=O)N1/N=C\c1ccc([N+](=O)[O-])o1. The fourth-order valence-corrected chi connectivity index (χ4v) is 1.91. The first-order valence-electron chi connectivity index (χ1n) is 5.84. The number of furan rings is 1. The van der Waals surface area contributed by atoms with Crippen LogP contribution in [0.3, 0.4) is 0 Å². The number of benzene rings is 1. The molecular formula is C13H7N3O5. The third-order valence-corrected chi connectivity index (χ3v) is 2.87. The van der Waals surface area contributed by atoms with Crippen molar-refractivity contribution in [3.05, 3.63) is 63.4 Å². The van der Waals surface area contributed by atoms with Crippen molar-refractivity contribution in [2.24, 2.45) is 5.10 Å². The summed E-state index contributed by atoms with van der Waals surface area (Å²) in [6.07, 6.45) is 1.08. The predicted octanol–water partition coefficient (Wildman–Crippen LogP) is 1.82. The summed E-state index contributed by atoms with van der Waals surface area (Å²) in [7, 11) is 0. The van der Waals surface area contributed by atoms with Crippen molar-refractivity contribution in [3.63, 3.8) is 0 Å². The molecule has 0 atom stereocenters. The molecule has 0 fully saturated rings. The molecule has 2 aromatic rings. The first kappa shape index (κ1) is 12.7. The molecule has 1 aliphatic heterocycles. The molecule has 0 saturated heterocycles. The molecule has 1 aliphatic rings. The molecule has 0 spiro atoms. The van der Waals surface area contributed by atoms with Crippen LogP contribution in [-0.4, -0.2) is 28.0 Å². The van der Waals surface area contributed by atoms with Crippen LogP contribution in [0.5, 0.6) is 0 Å². The number of nitro groups is 1. The van der Waals surface area contributed by atoms with Crippen molar-refractivity contribution in [1.82, 2.24) is 5.01 Å². The van der Waals surface area contributed by atoms with Crippen LogP contribution < -0.4 is 0 Å². The van der Waals surface area contributed by atoms with E-state index in [2.05, 4.69) is 5.10 Å². The van der Waals surface area contributed by atoms with Crippen LogP contribution >= 0.6 is 0 Å². The van der Waals surface area contributed by atoms with Gasteiger partial charge in [0.05, 0.1) is 23.4 Å². The van der Waals surface area contributed by atoms with Gasteiger partial charge >= 0.3 is 5.88 Å². The fraction of sp³-hybridized carbons (Fsp3) is 0. The lowest BCUT2D eigenvalue weighted by molar-refractivity contribution is -0.402. The van der Waals surface area contributed by atoms with Crippen LogP contribution in [0.2, 0.25) is 0 Å². The van der Waals surface area contributed by atoms with Crippen molar-refractivity contribution in [2.45, 2.75) is 0 Å². The topological polar surface area (TPSA) is 106 Å². The Labute approximate surface area is 117 Å². The quantitative estimate of drug-likeness (QED) is 0.370. The van der Waals surface area contributed by atoms with Crippen molar-refractivity contribution >= 4 is 23.9 Å². The average Bonchev–Trinajstić information content (AvgIpc) is 3.03. The minimum Gasteiger partial charge on any atom is -0.400 e. The number of hydrogen-bond donors (Lipinski definition) is 0. The van der Waals surface area contributed by atoms with Crippen molar-refractivity contribution in [1.29, 1.82) is 0 Å². The molecule has 0 radical (unpaired) electrons. The second-order valence-corrected chi connectivity index (χ2v) is 4.15. The van der Waals surface area contributed by atoms with Gasteiger partial charge < -0.3 is 4.42 Å². The third-order valence-electron chi connectivity index (χ3n) is 2.87. The Balaban J connectivity index is 1.86. The van der Waals surface area contributed by atoms with Gasteiger partial charge in [0.25, 0.3) is 11.8 Å². The summed E-state index contributed by atoms with van der Waals surface area (Å²) >= 11 is 0. The second kappa shape index (κ2) is 4.67. The average molecular weight is 285 g/mol. The standard InChI is InChI=1S/C13H7N3O5/c17-12-9-3-1-2-4-10(9)13(18)15(12)14-7-8-5-6-11(21-8)16(19)20/h1-7H/b14-7-. The molecule has 8 heteroatoms. The van der Waals surface area contributed by atoms with E-state index in [9.17, 15) is 19.7 Å². The van der Waals surface area contributed by atoms with Gasteiger partial charge in [0.1, 0.15) is 4.92 Å². The highest BCUT2D eigenvalue weighted by Crippen LogP contribution is 2.22. The van der Waals surface area contributed by atoms with Gasteiger partial charge in [-0.05, 0) is 18.2 Å². The number of carbonyl (C=O) groups excluding carboxylic acids is 2. The number of nitrogens with zero attached hydrogens (tertiary/aromatic N) is 3. The lowest BCUT2D eigenvalue weighted by Gasteiger charge is -2.04. The van der Waals surface area contributed by atoms with Gasteiger partial charge in [-0.2, -0.15) is 10.1 Å². The van der Waals surface area contributed by atoms with Gasteiger partial charge in [0.15, 0.2) is 5.76 Å². The maximum absolute atomic E-state index is 12.0. The first-order chi connectivity index (χ1) is 10.1. The van der Waals surface area contributed by atoms with E-state index in [0.29, 0.717) is 5.01 Å². The molecule has 21 heavy (non-hydrogen) atoms. The van der Waals surface area contributed by atoms with E-state index >= 15 is 0 Å². The van der Waals surface area contributed by atoms with E-state index in [1.807, 2.05) is 0 Å². The molecule has 0 unspecified atom stereocenters. The number of fused-ring (bicyclic) bond motifs is 1. The summed E-state index contributed by atoms with van der Waals surface area (Å²) in [6.45, 7) is 0. The summed E-state index contributed by atoms with van der Waals surface area (Å²) in [6, 6.07) is 8.83. The molecule has 0 N–H and O–H groups in total. The number of imide groups is 1. The van der Waals surface area contributed by atoms with Crippen LogP contribution in [0.4, 0.5) is 5.88 Å². The molecule has 0 bridgehead atoms. The van der Waals surface area contributed by atoms with Gasteiger partial charge in [0.2, 0.25) is 0 Å². The normalized spacial score (nSPS) is 14.0. The highest BCUT2D eigenvalue weighted by molar-refractivity contribution is 6.21. The number of hydrogen-bond acceptors (Lipinski definition) is 6. The highest BCUT2D eigenvalue weighted by atomic mass is 16.6. The molecular weight excluding hydrogens is 278 g/mol. The molecule has 0 saturated carbocycles. The van der Waals surface area contributed by atoms with Crippen molar-refractivity contribution < 1.29 is 18.9 Å². The molecule has 1 aromatic heterocycles. The van der Waals surface area contributed by atoms with Crippen molar-refractivity contribution in [3.8, 4) is 0 Å². The minimum atomic E-state index is -0.695. The summed E-state index contributed by atoms with van der Waals surface area (Å²) in [5.41, 5.74) is 0.537. The van der Waals surface area contributed by atoms with Crippen LogP contribution in [-0.2, 0) is 0 Å². The lowest BCUT2D eigenvalue weighted by atomic mass is 10.1. The Morgan fingerprint density at radius 1 is 1.10 bits per heavy atom. The maximum atomic E-state index is 12.0. The number of hydrazone groups is 1. The molecule has 2 heterocycles. The Kier molecular flexibility index (Phi) is 2.83. The van der Waals surface area contributed by atoms with E-state index in [4.69, 9.17) is 4.42 Å². The number of amides is 2. The Bertz CT molecular complexity index is 758. The fourth-order valence-electron chi connectivity index (χ4n) is 1.91. The molecule has 2 amide bonds. The minimum absolute atomic E-state index is 0.0678. The van der Waals surface area contributed by atoms with Crippen molar-refractivity contribution in [2.75, 3.05) is 0 Å². The summed E-state index contributed by atoms with van der Waals surface area (Å²) in [4.78, 5) is 33.8. The zero-order chi connectivity index (χ0) is 15.0. The van der Waals surface area contributed by atoms with E-state index in [0.717, 1.165) is 12.3 Å². The highest BCUT2D eigenvalue weighted by Gasteiger charge is 2.35. The summed E-state index contributed by atoms with van der Waals surface area (Å²) in [5.74, 6) is -1.47. The molecule has 8 nitrogen and oxygen atoms in total. The first-order valence-corrected chi connectivity index (χ1v) is 5.84. The van der Waals surface area contributed by atoms with E-state index in [1.54, 1.807) is 12.1 Å². The number of rotatable bonds is 3. The second-order valence-electron chi connectivity index (χ2n) is 4.15. The number of carbonyl (C=O) groups is 2. The molecule has 3 rings (SSSR count). The van der Waals surface area contributed by atoms with Crippen LogP contribution in [0, 0.1) is 10.1 Å². The van der Waals surface area contributed by atoms with E-state index < -0.39 is 22.6 Å². The summed E-state index contributed by atoms with van der Waals surface area (Å²) < 4.78 is 4.85. The third kappa shape index (κ3) is 2.08. The Morgan fingerprint density at radius 2 is 1.71 bits per heavy atom. The monoisotopic (exact) mass is 285 g/mol. The zero-order valence-corrected chi connectivity index (χ0v) is 10.4. The van der Waals surface area contributed by atoms with Crippen LogP contribution in [0.1, 0.15) is 26.5 Å². The summed E-state index contributed by atoms with van der Waals surface area (Å²) in [5, 5.41) is 14.9. The Morgan fingerprint density at radius 3 is 2.24 bits per heavy atom. The largest absolute Gasteiger partial charge is 0.433 e. The molecule has 0 aliphatic carbocycles. The van der Waals surface area contributed by atoms with Gasteiger partial charge in [-0.25, -0.2) is 0 Å². The maximum Gasteiger partial charge on any atom is 0.433 e. The lowest BCUT2D eigenvalue weighted by Crippen LogP contribution is -2.23. The van der Waals surface area contributed by atoms with E-state index in [-0.39, 0.29) is 16.9 Å². The van der Waals surface area contributed by atoms with Gasteiger partial charge in [-0.15, -0.1) is 0 Å². The smallest absolute Gasteiger partial charge is 0.400 e. The van der Waals surface area contributed by atoms with E-state index in [1.165, 1.54) is 18.2 Å². The zero-order valence-electron chi connectivity index (χ0n) is 10.4. The van der Waals surface area contributed by atoms with Crippen LogP contribution in [0.25, 0.3) is 0 Å². The van der Waals surface area contributed by atoms with Crippen LogP contribution in [0.15, 0.2) is 45.9 Å². The van der Waals surface area contributed by atoms with Gasteiger partial charge in [0, 0.05) is 0 Å². The predicted molar refractivity (Wildman–Crippen MR) is 69.9 cm³/mol. The molecule has 104 valence electrons. The molecule has 1 aromatic carbocycles. The van der Waals surface area contributed by atoms with Gasteiger partial charge in [-0.3, -0.25) is 19.7 Å². The Hall–Kier alpha value is -3.29. The van der Waals surface area contributed by atoms with Gasteiger partial charge in [-0.1, -0.05) is 12.1 Å².